The summed E-state index contributed by atoms with van der Waals surface area (Å²) in [6.07, 6.45) is 0.925. The second-order valence-electron chi connectivity index (χ2n) is 5.43. The molecule has 0 rings (SSSR count). The van der Waals surface area contributed by atoms with Crippen LogP contribution >= 0.6 is 0 Å². The molecule has 4 nitrogen and oxygen atoms in total. The van der Waals surface area contributed by atoms with Gasteiger partial charge in [0.2, 0.25) is 5.91 Å². The number of alkyl halides is 2. The molecule has 0 aromatic rings. The molecule has 0 spiro atoms. The Balaban J connectivity index is 4.89. The Bertz CT molecular complexity index is 343. The maximum Gasteiger partial charge on any atom is 0.379 e. The molecule has 1 N–H and O–H groups in total. The maximum absolute atomic E-state index is 14.0. The summed E-state index contributed by atoms with van der Waals surface area (Å²) in [5.41, 5.74) is -0.753. The lowest BCUT2D eigenvalue weighted by Crippen LogP contribution is -2.54. The van der Waals surface area contributed by atoms with E-state index in [1.165, 1.54) is 6.92 Å². The first-order valence-corrected chi connectivity index (χ1v) is 6.99. The molecule has 0 aliphatic heterocycles. The number of carbonyl (C=O) groups excluding carboxylic acids is 2. The molecule has 1 amide bonds. The first-order chi connectivity index (χ1) is 9.13. The molecule has 0 heterocycles. The molecule has 0 fully saturated rings. The number of hydrogen-bond donors (Lipinski definition) is 1. The van der Waals surface area contributed by atoms with Crippen molar-refractivity contribution in [2.75, 3.05) is 6.61 Å². The summed E-state index contributed by atoms with van der Waals surface area (Å²) in [6.45, 7) is 8.29. The topological polar surface area (TPSA) is 55.4 Å². The Hall–Kier alpha value is -1.20. The van der Waals surface area contributed by atoms with E-state index in [0.717, 1.165) is 0 Å². The van der Waals surface area contributed by atoms with Crippen LogP contribution in [0.4, 0.5) is 8.78 Å². The highest BCUT2D eigenvalue weighted by Gasteiger charge is 2.49. The van der Waals surface area contributed by atoms with Gasteiger partial charge in [0.05, 0.1) is 6.61 Å². The molecular weight excluding hydrogens is 268 g/mol. The third-order valence-corrected chi connectivity index (χ3v) is 3.36. The minimum absolute atomic E-state index is 0.0558. The standard InChI is InChI=1S/C14H25F2NO3/c1-6-9-20-12(19)14(15,16)10(7-2)17-11(18)13(4,5)8-3/h10H,6-9H2,1-5H3,(H,17,18). The normalized spacial score (nSPS) is 13.8. The molecule has 0 aliphatic rings. The predicted molar refractivity (Wildman–Crippen MR) is 72.5 cm³/mol. The lowest BCUT2D eigenvalue weighted by atomic mass is 9.88. The van der Waals surface area contributed by atoms with Gasteiger partial charge in [-0.1, -0.05) is 34.6 Å². The van der Waals surface area contributed by atoms with Crippen LogP contribution in [0.25, 0.3) is 0 Å². The zero-order valence-electron chi connectivity index (χ0n) is 12.9. The zero-order chi connectivity index (χ0) is 16.0. The number of amides is 1. The molecule has 0 aromatic heterocycles. The molecule has 1 atom stereocenters. The van der Waals surface area contributed by atoms with Crippen molar-refractivity contribution in [1.29, 1.82) is 0 Å². The smallest absolute Gasteiger partial charge is 0.379 e. The average Bonchev–Trinajstić information content (AvgIpc) is 2.40. The molecule has 0 aliphatic carbocycles. The summed E-state index contributed by atoms with van der Waals surface area (Å²) in [4.78, 5) is 23.4. The molecule has 0 saturated carbocycles. The first kappa shape index (κ1) is 18.8. The van der Waals surface area contributed by atoms with Gasteiger partial charge in [0.25, 0.3) is 0 Å². The molecule has 118 valence electrons. The number of nitrogens with one attached hydrogen (secondary N) is 1. The summed E-state index contributed by atoms with van der Waals surface area (Å²) in [6, 6.07) is -1.55. The van der Waals surface area contributed by atoms with Crippen LogP contribution in [0.15, 0.2) is 0 Å². The van der Waals surface area contributed by atoms with Gasteiger partial charge in [-0.15, -0.1) is 0 Å². The van der Waals surface area contributed by atoms with Gasteiger partial charge >= 0.3 is 11.9 Å². The Morgan fingerprint density at radius 3 is 2.15 bits per heavy atom. The maximum atomic E-state index is 14.0. The third kappa shape index (κ3) is 4.72. The quantitative estimate of drug-likeness (QED) is 0.700. The van der Waals surface area contributed by atoms with E-state index in [-0.39, 0.29) is 13.0 Å². The van der Waals surface area contributed by atoms with E-state index >= 15 is 0 Å². The van der Waals surface area contributed by atoms with Gasteiger partial charge in [0, 0.05) is 5.41 Å². The summed E-state index contributed by atoms with van der Waals surface area (Å²) in [5, 5.41) is 2.27. The van der Waals surface area contributed by atoms with Crippen molar-refractivity contribution in [2.24, 2.45) is 5.41 Å². The van der Waals surface area contributed by atoms with E-state index in [1.807, 2.05) is 0 Å². The van der Waals surface area contributed by atoms with Crippen molar-refractivity contribution >= 4 is 11.9 Å². The van der Waals surface area contributed by atoms with E-state index in [2.05, 4.69) is 10.1 Å². The van der Waals surface area contributed by atoms with Crippen molar-refractivity contribution in [1.82, 2.24) is 5.32 Å². The van der Waals surface area contributed by atoms with Crippen molar-refractivity contribution in [3.05, 3.63) is 0 Å². The van der Waals surface area contributed by atoms with Crippen molar-refractivity contribution in [2.45, 2.75) is 65.8 Å². The number of halogens is 2. The van der Waals surface area contributed by atoms with Gasteiger partial charge in [0.1, 0.15) is 6.04 Å². The number of carbonyl (C=O) groups is 2. The van der Waals surface area contributed by atoms with Crippen LogP contribution in [-0.2, 0) is 14.3 Å². The van der Waals surface area contributed by atoms with Crippen molar-refractivity contribution < 1.29 is 23.1 Å². The molecular formula is C14H25F2NO3. The lowest BCUT2D eigenvalue weighted by molar-refractivity contribution is -0.177. The minimum atomic E-state index is -3.72. The Kier molecular flexibility index (Phi) is 7.09. The number of rotatable bonds is 8. The molecule has 1 unspecified atom stereocenters. The SMILES string of the molecule is CCCOC(=O)C(F)(F)C(CC)NC(=O)C(C)(C)CC. The summed E-state index contributed by atoms with van der Waals surface area (Å²) in [7, 11) is 0. The molecule has 0 bridgehead atoms. The summed E-state index contributed by atoms with van der Waals surface area (Å²) in [5.74, 6) is -5.79. The van der Waals surface area contributed by atoms with Gasteiger partial charge in [-0.05, 0) is 19.3 Å². The van der Waals surface area contributed by atoms with Gasteiger partial charge < -0.3 is 10.1 Å². The Morgan fingerprint density at radius 2 is 1.75 bits per heavy atom. The van der Waals surface area contributed by atoms with Crippen LogP contribution in [-0.4, -0.2) is 30.4 Å². The second-order valence-corrected chi connectivity index (χ2v) is 5.43. The Labute approximate surface area is 119 Å². The zero-order valence-corrected chi connectivity index (χ0v) is 12.9. The van der Waals surface area contributed by atoms with E-state index in [4.69, 9.17) is 0 Å². The predicted octanol–water partition coefficient (Wildman–Crippen LogP) is 2.91. The van der Waals surface area contributed by atoms with Gasteiger partial charge in [-0.2, -0.15) is 8.78 Å². The largest absolute Gasteiger partial charge is 0.461 e. The van der Waals surface area contributed by atoms with Crippen LogP contribution < -0.4 is 5.32 Å². The molecule has 20 heavy (non-hydrogen) atoms. The molecule has 0 aromatic carbocycles. The van der Waals surface area contributed by atoms with E-state index < -0.39 is 29.3 Å². The van der Waals surface area contributed by atoms with E-state index in [1.54, 1.807) is 27.7 Å². The van der Waals surface area contributed by atoms with Gasteiger partial charge in [-0.25, -0.2) is 4.79 Å². The summed E-state index contributed by atoms with van der Waals surface area (Å²) < 4.78 is 32.4. The number of ether oxygens (including phenoxy) is 1. The molecule has 0 saturated heterocycles. The fourth-order valence-corrected chi connectivity index (χ4v) is 1.40. The highest BCUT2D eigenvalue weighted by Crippen LogP contribution is 2.26. The summed E-state index contributed by atoms with van der Waals surface area (Å²) >= 11 is 0. The second kappa shape index (κ2) is 7.55. The van der Waals surface area contributed by atoms with Gasteiger partial charge in [0.15, 0.2) is 0 Å². The van der Waals surface area contributed by atoms with Gasteiger partial charge in [-0.3, -0.25) is 4.79 Å². The highest BCUT2D eigenvalue weighted by atomic mass is 19.3. The monoisotopic (exact) mass is 293 g/mol. The van der Waals surface area contributed by atoms with Crippen LogP contribution in [0.2, 0.25) is 0 Å². The van der Waals surface area contributed by atoms with Crippen molar-refractivity contribution in [3.63, 3.8) is 0 Å². The van der Waals surface area contributed by atoms with E-state index in [0.29, 0.717) is 12.8 Å². The fourth-order valence-electron chi connectivity index (χ4n) is 1.40. The van der Waals surface area contributed by atoms with Crippen molar-refractivity contribution in [3.8, 4) is 0 Å². The molecule has 6 heteroatoms. The fraction of sp³-hybridized carbons (Fsp3) is 0.857. The highest BCUT2D eigenvalue weighted by molar-refractivity contribution is 5.84. The average molecular weight is 293 g/mol. The number of esters is 1. The van der Waals surface area contributed by atoms with Crippen LogP contribution in [0, 0.1) is 5.41 Å². The number of hydrogen-bond acceptors (Lipinski definition) is 3. The first-order valence-electron chi connectivity index (χ1n) is 6.99. The lowest BCUT2D eigenvalue weighted by Gasteiger charge is -2.29. The minimum Gasteiger partial charge on any atom is -0.461 e. The van der Waals surface area contributed by atoms with Crippen LogP contribution in [0.3, 0.4) is 0 Å². The van der Waals surface area contributed by atoms with E-state index in [9.17, 15) is 18.4 Å². The third-order valence-electron chi connectivity index (χ3n) is 3.36. The van der Waals surface area contributed by atoms with Crippen LogP contribution in [0.1, 0.15) is 53.9 Å². The van der Waals surface area contributed by atoms with Crippen LogP contribution in [0.5, 0.6) is 0 Å². The molecule has 0 radical (unpaired) electrons. The Morgan fingerprint density at radius 1 is 1.20 bits per heavy atom.